The number of amides is 1. The van der Waals surface area contributed by atoms with E-state index in [4.69, 9.17) is 16.3 Å². The third kappa shape index (κ3) is 2.96. The lowest BCUT2D eigenvalue weighted by Crippen LogP contribution is -2.36. The van der Waals surface area contributed by atoms with E-state index in [1.54, 1.807) is 0 Å². The summed E-state index contributed by atoms with van der Waals surface area (Å²) in [6, 6.07) is 7.87. The standard InChI is InChI=1S/C14H18ClNO2/c1-10(5-4-8-15)16-14(17)12-9-18-13-7-3-2-6-11(12)13/h2-3,6-7,10,12H,4-5,8-9H2,1H3,(H,16,17). The number of nitrogens with one attached hydrogen (secondary N) is 1. The van der Waals surface area contributed by atoms with Gasteiger partial charge in [0.1, 0.15) is 18.3 Å². The number of carbonyl (C=O) groups excluding carboxylic acids is 1. The zero-order valence-corrected chi connectivity index (χ0v) is 11.2. The molecule has 1 amide bonds. The van der Waals surface area contributed by atoms with Crippen molar-refractivity contribution < 1.29 is 9.53 Å². The van der Waals surface area contributed by atoms with Crippen LogP contribution in [0.4, 0.5) is 0 Å². The lowest BCUT2D eigenvalue weighted by Gasteiger charge is -2.16. The molecule has 2 unspecified atom stereocenters. The molecule has 1 N–H and O–H groups in total. The SMILES string of the molecule is CC(CCCCl)NC(=O)C1COc2ccccc21. The van der Waals surface area contributed by atoms with E-state index in [9.17, 15) is 4.79 Å². The monoisotopic (exact) mass is 267 g/mol. The number of carbonyl (C=O) groups is 1. The molecule has 2 rings (SSSR count). The molecule has 0 aromatic heterocycles. The topological polar surface area (TPSA) is 38.3 Å². The second-order valence-corrected chi connectivity index (χ2v) is 5.02. The zero-order chi connectivity index (χ0) is 13.0. The van der Waals surface area contributed by atoms with Crippen LogP contribution < -0.4 is 10.1 Å². The molecule has 0 bridgehead atoms. The minimum absolute atomic E-state index is 0.0435. The molecule has 0 saturated heterocycles. The highest BCUT2D eigenvalue weighted by molar-refractivity contribution is 6.17. The number of fused-ring (bicyclic) bond motifs is 1. The average molecular weight is 268 g/mol. The minimum atomic E-state index is -0.181. The van der Waals surface area contributed by atoms with Gasteiger partial charge in [-0.25, -0.2) is 0 Å². The van der Waals surface area contributed by atoms with Crippen LogP contribution in [0, 0.1) is 0 Å². The molecule has 0 saturated carbocycles. The van der Waals surface area contributed by atoms with E-state index in [1.807, 2.05) is 31.2 Å². The van der Waals surface area contributed by atoms with Crippen LogP contribution in [0.25, 0.3) is 0 Å². The lowest BCUT2D eigenvalue weighted by molar-refractivity contribution is -0.123. The van der Waals surface area contributed by atoms with E-state index >= 15 is 0 Å². The number of benzene rings is 1. The van der Waals surface area contributed by atoms with E-state index < -0.39 is 0 Å². The molecule has 0 radical (unpaired) electrons. The average Bonchev–Trinajstić information content (AvgIpc) is 2.80. The molecule has 2 atom stereocenters. The molecule has 0 spiro atoms. The van der Waals surface area contributed by atoms with E-state index in [2.05, 4.69) is 5.32 Å². The van der Waals surface area contributed by atoms with Gasteiger partial charge in [0.15, 0.2) is 0 Å². The van der Waals surface area contributed by atoms with Crippen LogP contribution >= 0.6 is 11.6 Å². The normalized spacial score (nSPS) is 18.9. The van der Waals surface area contributed by atoms with Crippen LogP contribution in [0.1, 0.15) is 31.2 Å². The Balaban J connectivity index is 1.95. The highest BCUT2D eigenvalue weighted by Gasteiger charge is 2.30. The van der Waals surface area contributed by atoms with Crippen molar-refractivity contribution >= 4 is 17.5 Å². The molecule has 1 aliphatic heterocycles. The summed E-state index contributed by atoms with van der Waals surface area (Å²) >= 11 is 5.64. The number of halogens is 1. The second-order valence-electron chi connectivity index (χ2n) is 4.64. The molecule has 3 nitrogen and oxygen atoms in total. The minimum Gasteiger partial charge on any atom is -0.492 e. The molecule has 1 aliphatic rings. The fraction of sp³-hybridized carbons (Fsp3) is 0.500. The highest BCUT2D eigenvalue weighted by atomic mass is 35.5. The van der Waals surface area contributed by atoms with Gasteiger partial charge in [-0.15, -0.1) is 11.6 Å². The highest BCUT2D eigenvalue weighted by Crippen LogP contribution is 2.33. The number of rotatable bonds is 5. The molecule has 1 heterocycles. The van der Waals surface area contributed by atoms with Gasteiger partial charge < -0.3 is 10.1 Å². The van der Waals surface area contributed by atoms with Gasteiger partial charge >= 0.3 is 0 Å². The molecule has 0 aliphatic carbocycles. The number of hydrogen-bond acceptors (Lipinski definition) is 2. The second kappa shape index (κ2) is 6.10. The summed E-state index contributed by atoms with van der Waals surface area (Å²) in [5, 5.41) is 3.02. The predicted octanol–water partition coefficient (Wildman–Crippen LogP) is 2.69. The number of ether oxygens (including phenoxy) is 1. The largest absolute Gasteiger partial charge is 0.492 e. The van der Waals surface area contributed by atoms with Gasteiger partial charge in [-0.1, -0.05) is 18.2 Å². The first-order chi connectivity index (χ1) is 8.72. The molecule has 1 aromatic rings. The van der Waals surface area contributed by atoms with E-state index in [0.717, 1.165) is 24.2 Å². The molecule has 98 valence electrons. The summed E-state index contributed by atoms with van der Waals surface area (Å²) in [7, 11) is 0. The van der Waals surface area contributed by atoms with Crippen molar-refractivity contribution in [2.24, 2.45) is 0 Å². The number of hydrogen-bond donors (Lipinski definition) is 1. The summed E-state index contributed by atoms with van der Waals surface area (Å²) in [5.74, 6) is 1.32. The van der Waals surface area contributed by atoms with Crippen LogP contribution in [-0.2, 0) is 4.79 Å². The third-order valence-electron chi connectivity index (χ3n) is 3.18. The Morgan fingerprint density at radius 3 is 3.11 bits per heavy atom. The Morgan fingerprint density at radius 1 is 1.56 bits per heavy atom. The third-order valence-corrected chi connectivity index (χ3v) is 3.44. The van der Waals surface area contributed by atoms with Gasteiger partial charge in [0.05, 0.1) is 0 Å². The maximum absolute atomic E-state index is 12.2. The van der Waals surface area contributed by atoms with E-state index in [0.29, 0.717) is 12.5 Å². The van der Waals surface area contributed by atoms with Crippen LogP contribution in [0.3, 0.4) is 0 Å². The van der Waals surface area contributed by atoms with Crippen molar-refractivity contribution in [3.63, 3.8) is 0 Å². The fourth-order valence-electron chi connectivity index (χ4n) is 2.18. The summed E-state index contributed by atoms with van der Waals surface area (Å²) < 4.78 is 5.51. The maximum atomic E-state index is 12.2. The first-order valence-electron chi connectivity index (χ1n) is 6.30. The summed E-state index contributed by atoms with van der Waals surface area (Å²) in [4.78, 5) is 12.2. The lowest BCUT2D eigenvalue weighted by atomic mass is 10.00. The van der Waals surface area contributed by atoms with Crippen molar-refractivity contribution in [2.45, 2.75) is 31.7 Å². The van der Waals surface area contributed by atoms with Crippen molar-refractivity contribution in [1.29, 1.82) is 0 Å². The van der Waals surface area contributed by atoms with Crippen molar-refractivity contribution in [3.8, 4) is 5.75 Å². The first-order valence-corrected chi connectivity index (χ1v) is 6.84. The molecule has 18 heavy (non-hydrogen) atoms. The van der Waals surface area contributed by atoms with Crippen LogP contribution in [0.5, 0.6) is 5.75 Å². The summed E-state index contributed by atoms with van der Waals surface area (Å²) in [6.45, 7) is 2.44. The van der Waals surface area contributed by atoms with Crippen LogP contribution in [0.2, 0.25) is 0 Å². The van der Waals surface area contributed by atoms with Crippen molar-refractivity contribution in [1.82, 2.24) is 5.32 Å². The molecule has 4 heteroatoms. The zero-order valence-electron chi connectivity index (χ0n) is 10.5. The Bertz CT molecular complexity index is 422. The van der Waals surface area contributed by atoms with Crippen LogP contribution in [-0.4, -0.2) is 24.4 Å². The van der Waals surface area contributed by atoms with Gasteiger partial charge in [-0.05, 0) is 25.8 Å². The maximum Gasteiger partial charge on any atom is 0.231 e. The fourth-order valence-corrected chi connectivity index (χ4v) is 2.33. The van der Waals surface area contributed by atoms with Crippen LogP contribution in [0.15, 0.2) is 24.3 Å². The molecular formula is C14H18ClNO2. The smallest absolute Gasteiger partial charge is 0.231 e. The quantitative estimate of drug-likeness (QED) is 0.833. The van der Waals surface area contributed by atoms with Gasteiger partial charge in [0.2, 0.25) is 5.91 Å². The van der Waals surface area contributed by atoms with Crippen molar-refractivity contribution in [3.05, 3.63) is 29.8 Å². The van der Waals surface area contributed by atoms with E-state index in [-0.39, 0.29) is 17.9 Å². The predicted molar refractivity (Wildman–Crippen MR) is 72.2 cm³/mol. The van der Waals surface area contributed by atoms with Gasteiger partial charge in [-0.2, -0.15) is 0 Å². The summed E-state index contributed by atoms with van der Waals surface area (Å²) in [6.07, 6.45) is 1.82. The van der Waals surface area contributed by atoms with Gasteiger partial charge in [-0.3, -0.25) is 4.79 Å². The van der Waals surface area contributed by atoms with E-state index in [1.165, 1.54) is 0 Å². The number of alkyl halides is 1. The molecular weight excluding hydrogens is 250 g/mol. The molecule has 1 aromatic carbocycles. The Morgan fingerprint density at radius 2 is 2.33 bits per heavy atom. The number of para-hydroxylation sites is 1. The van der Waals surface area contributed by atoms with Gasteiger partial charge in [0.25, 0.3) is 0 Å². The Hall–Kier alpha value is -1.22. The molecule has 0 fully saturated rings. The summed E-state index contributed by atoms with van der Waals surface area (Å²) in [5.41, 5.74) is 0.986. The first kappa shape index (κ1) is 13.2. The Kier molecular flexibility index (Phi) is 4.48. The Labute approximate surface area is 112 Å². The van der Waals surface area contributed by atoms with Gasteiger partial charge in [0, 0.05) is 17.5 Å². The van der Waals surface area contributed by atoms with Crippen molar-refractivity contribution in [2.75, 3.05) is 12.5 Å².